The third kappa shape index (κ3) is 5.33. The van der Waals surface area contributed by atoms with E-state index in [1.54, 1.807) is 0 Å². The summed E-state index contributed by atoms with van der Waals surface area (Å²) in [5.41, 5.74) is -2.76. The van der Waals surface area contributed by atoms with Crippen molar-refractivity contribution in [3.8, 4) is 0 Å². The lowest BCUT2D eigenvalue weighted by molar-refractivity contribution is -0.231. The van der Waals surface area contributed by atoms with Crippen LogP contribution < -0.4 is 10.6 Å². The highest BCUT2D eigenvalue weighted by molar-refractivity contribution is 5.80. The first-order valence-electron chi connectivity index (χ1n) is 8.75. The van der Waals surface area contributed by atoms with Crippen LogP contribution in [0.15, 0.2) is 0 Å². The molecule has 1 unspecified atom stereocenters. The number of amides is 2. The summed E-state index contributed by atoms with van der Waals surface area (Å²) in [5, 5.41) is 5.03. The van der Waals surface area contributed by atoms with Crippen molar-refractivity contribution in [1.82, 2.24) is 10.6 Å². The van der Waals surface area contributed by atoms with Gasteiger partial charge >= 0.3 is 6.18 Å². The molecule has 0 aromatic heterocycles. The predicted molar refractivity (Wildman–Crippen MR) is 85.7 cm³/mol. The maximum atomic E-state index is 13.5. The minimum Gasteiger partial charge on any atom is -0.381 e. The molecule has 0 bridgehead atoms. The number of rotatable bonds is 5. The SMILES string of the molecule is CC(C)(CC1CCOCC1)NC(=O)CC1(C(F)(F)F)CCC(=O)NC1. The molecule has 0 aromatic carbocycles. The molecule has 2 N–H and O–H groups in total. The van der Waals surface area contributed by atoms with Gasteiger partial charge in [-0.3, -0.25) is 9.59 Å². The van der Waals surface area contributed by atoms with Crippen molar-refractivity contribution in [3.05, 3.63) is 0 Å². The average Bonchev–Trinajstić information content (AvgIpc) is 2.48. The summed E-state index contributed by atoms with van der Waals surface area (Å²) in [6.07, 6.45) is -3.25. The number of carbonyl (C=O) groups is 2. The molecule has 8 heteroatoms. The van der Waals surface area contributed by atoms with Crippen molar-refractivity contribution in [2.45, 2.75) is 64.1 Å². The molecule has 144 valence electrons. The Labute approximate surface area is 146 Å². The molecule has 5 nitrogen and oxygen atoms in total. The van der Waals surface area contributed by atoms with Crippen LogP contribution in [-0.2, 0) is 14.3 Å². The average molecular weight is 364 g/mol. The van der Waals surface area contributed by atoms with Crippen molar-refractivity contribution in [1.29, 1.82) is 0 Å². The molecule has 0 saturated carbocycles. The first kappa shape index (κ1) is 20.0. The summed E-state index contributed by atoms with van der Waals surface area (Å²) >= 11 is 0. The maximum absolute atomic E-state index is 13.5. The molecular weight excluding hydrogens is 337 g/mol. The molecule has 2 fully saturated rings. The summed E-state index contributed by atoms with van der Waals surface area (Å²) in [7, 11) is 0. The van der Waals surface area contributed by atoms with Gasteiger partial charge in [-0.1, -0.05) is 0 Å². The van der Waals surface area contributed by atoms with Gasteiger partial charge in [-0.05, 0) is 45.4 Å². The summed E-state index contributed by atoms with van der Waals surface area (Å²) in [6, 6.07) is 0. The molecule has 0 radical (unpaired) electrons. The van der Waals surface area contributed by atoms with Gasteiger partial charge in [0, 0.05) is 38.1 Å². The first-order valence-corrected chi connectivity index (χ1v) is 8.75. The molecular formula is C17H27F3N2O3. The highest BCUT2D eigenvalue weighted by Crippen LogP contribution is 2.46. The summed E-state index contributed by atoms with van der Waals surface area (Å²) < 4.78 is 45.9. The van der Waals surface area contributed by atoms with Crippen LogP contribution in [0.25, 0.3) is 0 Å². The van der Waals surface area contributed by atoms with E-state index >= 15 is 0 Å². The van der Waals surface area contributed by atoms with Crippen LogP contribution in [0, 0.1) is 11.3 Å². The van der Waals surface area contributed by atoms with Gasteiger partial charge in [-0.2, -0.15) is 13.2 Å². The number of piperidine rings is 1. The molecule has 2 heterocycles. The van der Waals surface area contributed by atoms with Crippen LogP contribution >= 0.6 is 0 Å². The molecule has 2 rings (SSSR count). The lowest BCUT2D eigenvalue weighted by Gasteiger charge is -2.39. The lowest BCUT2D eigenvalue weighted by atomic mass is 9.76. The van der Waals surface area contributed by atoms with Gasteiger partial charge in [0.05, 0.1) is 5.41 Å². The van der Waals surface area contributed by atoms with Crippen molar-refractivity contribution in [3.63, 3.8) is 0 Å². The quantitative estimate of drug-likeness (QED) is 0.788. The Balaban J connectivity index is 1.97. The van der Waals surface area contributed by atoms with E-state index in [0.717, 1.165) is 12.8 Å². The predicted octanol–water partition coefficient (Wildman–Crippen LogP) is 2.55. The number of hydrogen-bond acceptors (Lipinski definition) is 3. The second-order valence-electron chi connectivity index (χ2n) is 7.92. The Morgan fingerprint density at radius 3 is 2.48 bits per heavy atom. The molecule has 1 atom stereocenters. The van der Waals surface area contributed by atoms with Gasteiger partial charge in [-0.25, -0.2) is 0 Å². The second kappa shape index (κ2) is 7.51. The molecule has 2 aliphatic rings. The van der Waals surface area contributed by atoms with Gasteiger partial charge in [0.1, 0.15) is 0 Å². The fraction of sp³-hybridized carbons (Fsp3) is 0.882. The molecule has 25 heavy (non-hydrogen) atoms. The van der Waals surface area contributed by atoms with Crippen molar-refractivity contribution >= 4 is 11.8 Å². The molecule has 0 aromatic rings. The second-order valence-corrected chi connectivity index (χ2v) is 7.92. The molecule has 0 aliphatic carbocycles. The standard InChI is InChI=1S/C17H27F3N2O3/c1-15(2,9-12-4-7-25-8-5-12)22-14(24)10-16(17(18,19)20)6-3-13(23)21-11-16/h12H,3-11H2,1-2H3,(H,21,23)(H,22,24). The Morgan fingerprint density at radius 1 is 1.32 bits per heavy atom. The zero-order valence-corrected chi connectivity index (χ0v) is 14.8. The third-order valence-electron chi connectivity index (χ3n) is 5.17. The highest BCUT2D eigenvalue weighted by Gasteiger charge is 2.57. The van der Waals surface area contributed by atoms with E-state index in [2.05, 4.69) is 10.6 Å². The topological polar surface area (TPSA) is 67.4 Å². The van der Waals surface area contributed by atoms with E-state index in [4.69, 9.17) is 4.74 Å². The van der Waals surface area contributed by atoms with Gasteiger partial charge in [0.15, 0.2) is 0 Å². The van der Waals surface area contributed by atoms with Gasteiger partial charge < -0.3 is 15.4 Å². The van der Waals surface area contributed by atoms with Crippen LogP contribution in [0.1, 0.15) is 52.4 Å². The normalized spacial score (nSPS) is 26.2. The number of hydrogen-bond donors (Lipinski definition) is 2. The van der Waals surface area contributed by atoms with Crippen molar-refractivity contribution in [2.24, 2.45) is 11.3 Å². The largest absolute Gasteiger partial charge is 0.396 e. The fourth-order valence-electron chi connectivity index (χ4n) is 3.74. The van der Waals surface area contributed by atoms with Crippen LogP contribution in [0.2, 0.25) is 0 Å². The van der Waals surface area contributed by atoms with E-state index in [9.17, 15) is 22.8 Å². The van der Waals surface area contributed by atoms with Crippen LogP contribution in [0.3, 0.4) is 0 Å². The van der Waals surface area contributed by atoms with E-state index < -0.39 is 41.9 Å². The van der Waals surface area contributed by atoms with E-state index in [1.165, 1.54) is 0 Å². The van der Waals surface area contributed by atoms with Crippen LogP contribution in [-0.4, -0.2) is 43.3 Å². The van der Waals surface area contributed by atoms with Gasteiger partial charge in [-0.15, -0.1) is 0 Å². The molecule has 2 amide bonds. The smallest absolute Gasteiger partial charge is 0.381 e. The zero-order valence-electron chi connectivity index (χ0n) is 14.8. The van der Waals surface area contributed by atoms with Crippen molar-refractivity contribution in [2.75, 3.05) is 19.8 Å². The zero-order chi connectivity index (χ0) is 18.7. The number of nitrogens with one attached hydrogen (secondary N) is 2. The first-order chi connectivity index (χ1) is 11.5. The monoisotopic (exact) mass is 364 g/mol. The Kier molecular flexibility index (Phi) is 6.01. The Hall–Kier alpha value is -1.31. The number of halogens is 3. The minimum atomic E-state index is -4.54. The van der Waals surface area contributed by atoms with Gasteiger partial charge in [0.25, 0.3) is 0 Å². The number of ether oxygens (including phenoxy) is 1. The summed E-state index contributed by atoms with van der Waals surface area (Å²) in [4.78, 5) is 23.6. The Morgan fingerprint density at radius 2 is 1.96 bits per heavy atom. The van der Waals surface area contributed by atoms with Gasteiger partial charge in [0.2, 0.25) is 11.8 Å². The Bertz CT molecular complexity index is 490. The summed E-state index contributed by atoms with van der Waals surface area (Å²) in [5.74, 6) is -0.625. The van der Waals surface area contributed by atoms with E-state index in [0.29, 0.717) is 25.6 Å². The van der Waals surface area contributed by atoms with E-state index in [1.807, 2.05) is 13.8 Å². The minimum absolute atomic E-state index is 0.210. The van der Waals surface area contributed by atoms with Crippen molar-refractivity contribution < 1.29 is 27.5 Å². The molecule has 0 spiro atoms. The molecule has 2 aliphatic heterocycles. The number of alkyl halides is 3. The third-order valence-corrected chi connectivity index (χ3v) is 5.17. The van der Waals surface area contributed by atoms with Crippen LogP contribution in [0.5, 0.6) is 0 Å². The summed E-state index contributed by atoms with van der Waals surface area (Å²) in [6.45, 7) is 4.51. The molecule has 2 saturated heterocycles. The van der Waals surface area contributed by atoms with Crippen LogP contribution in [0.4, 0.5) is 13.2 Å². The number of carbonyl (C=O) groups excluding carboxylic acids is 2. The van der Waals surface area contributed by atoms with E-state index in [-0.39, 0.29) is 12.8 Å². The lowest BCUT2D eigenvalue weighted by Crippen LogP contribution is -2.55. The highest BCUT2D eigenvalue weighted by atomic mass is 19.4. The fourth-order valence-corrected chi connectivity index (χ4v) is 3.74. The maximum Gasteiger partial charge on any atom is 0.396 e.